The van der Waals surface area contributed by atoms with Crippen molar-refractivity contribution < 1.29 is 19.1 Å². The summed E-state index contributed by atoms with van der Waals surface area (Å²) < 4.78 is 10.3. The molecule has 0 aliphatic carbocycles. The van der Waals surface area contributed by atoms with E-state index in [1.54, 1.807) is 12.1 Å². The summed E-state index contributed by atoms with van der Waals surface area (Å²) in [5, 5.41) is 6.16. The number of hydrogen-bond acceptors (Lipinski definition) is 6. The van der Waals surface area contributed by atoms with Gasteiger partial charge < -0.3 is 25.0 Å². The van der Waals surface area contributed by atoms with E-state index in [9.17, 15) is 9.59 Å². The van der Waals surface area contributed by atoms with E-state index < -0.39 is 5.97 Å². The van der Waals surface area contributed by atoms with E-state index in [4.69, 9.17) is 9.47 Å². The molecule has 0 bridgehead atoms. The zero-order chi connectivity index (χ0) is 17.6. The molecular weight excluding hydrogens is 393 g/mol. The molecule has 2 N–H and O–H groups in total. The summed E-state index contributed by atoms with van der Waals surface area (Å²) in [6.07, 6.45) is 2.51. The van der Waals surface area contributed by atoms with E-state index in [0.717, 1.165) is 38.2 Å². The van der Waals surface area contributed by atoms with Gasteiger partial charge in [-0.2, -0.15) is 0 Å². The first-order valence-electron chi connectivity index (χ1n) is 8.75. The molecule has 0 aromatic heterocycles. The maximum atomic E-state index is 12.3. The SMILES string of the molecule is COC(=O)c1cc(N2CCOCC2)ccc1NC(=O)CC1CCCN1.Cl.Cl. The van der Waals surface area contributed by atoms with Gasteiger partial charge in [0.1, 0.15) is 0 Å². The fourth-order valence-electron chi connectivity index (χ4n) is 3.29. The topological polar surface area (TPSA) is 79.9 Å². The third-order valence-corrected chi connectivity index (χ3v) is 4.65. The molecule has 1 atom stereocenters. The van der Waals surface area contributed by atoms with Gasteiger partial charge in [0.15, 0.2) is 0 Å². The minimum atomic E-state index is -0.454. The Morgan fingerprint density at radius 3 is 2.67 bits per heavy atom. The molecule has 3 rings (SSSR count). The molecule has 152 valence electrons. The number of rotatable bonds is 5. The molecule has 27 heavy (non-hydrogen) atoms. The number of halogens is 2. The van der Waals surface area contributed by atoms with Crippen molar-refractivity contribution in [3.05, 3.63) is 23.8 Å². The van der Waals surface area contributed by atoms with Crippen molar-refractivity contribution in [1.29, 1.82) is 0 Å². The van der Waals surface area contributed by atoms with Gasteiger partial charge in [-0.15, -0.1) is 24.8 Å². The van der Waals surface area contributed by atoms with Gasteiger partial charge in [-0.3, -0.25) is 4.79 Å². The van der Waals surface area contributed by atoms with Crippen LogP contribution >= 0.6 is 24.8 Å². The van der Waals surface area contributed by atoms with Crippen LogP contribution in [0, 0.1) is 0 Å². The second kappa shape index (κ2) is 11.3. The summed E-state index contributed by atoms with van der Waals surface area (Å²) in [6.45, 7) is 3.85. The van der Waals surface area contributed by atoms with E-state index in [1.807, 2.05) is 6.07 Å². The Morgan fingerprint density at radius 1 is 1.30 bits per heavy atom. The number of carbonyl (C=O) groups is 2. The Labute approximate surface area is 172 Å². The molecule has 0 spiro atoms. The molecule has 2 fully saturated rings. The summed E-state index contributed by atoms with van der Waals surface area (Å²) >= 11 is 0. The highest BCUT2D eigenvalue weighted by atomic mass is 35.5. The molecule has 2 heterocycles. The quantitative estimate of drug-likeness (QED) is 0.712. The van der Waals surface area contributed by atoms with Crippen LogP contribution in [0.5, 0.6) is 0 Å². The summed E-state index contributed by atoms with van der Waals surface area (Å²) in [6, 6.07) is 5.69. The lowest BCUT2D eigenvalue weighted by Gasteiger charge is -2.29. The zero-order valence-electron chi connectivity index (χ0n) is 15.4. The second-order valence-corrected chi connectivity index (χ2v) is 6.37. The van der Waals surface area contributed by atoms with Crippen molar-refractivity contribution in [2.75, 3.05) is 50.2 Å². The lowest BCUT2D eigenvalue weighted by molar-refractivity contribution is -0.116. The predicted molar refractivity (Wildman–Crippen MR) is 110 cm³/mol. The Hall–Kier alpha value is -1.54. The predicted octanol–water partition coefficient (Wildman–Crippen LogP) is 2.23. The largest absolute Gasteiger partial charge is 0.465 e. The van der Waals surface area contributed by atoms with E-state index in [-0.39, 0.29) is 36.8 Å². The highest BCUT2D eigenvalue weighted by molar-refractivity contribution is 6.02. The summed E-state index contributed by atoms with van der Waals surface area (Å²) in [7, 11) is 1.35. The van der Waals surface area contributed by atoms with Crippen LogP contribution in [0.3, 0.4) is 0 Å². The average Bonchev–Trinajstić information content (AvgIpc) is 3.15. The Bertz CT molecular complexity index is 633. The normalized spacial score (nSPS) is 18.9. The monoisotopic (exact) mass is 419 g/mol. The lowest BCUT2D eigenvalue weighted by Crippen LogP contribution is -2.36. The highest BCUT2D eigenvalue weighted by Crippen LogP contribution is 2.25. The van der Waals surface area contributed by atoms with E-state index in [2.05, 4.69) is 15.5 Å². The third kappa shape index (κ3) is 6.24. The molecule has 1 aromatic carbocycles. The first kappa shape index (κ1) is 23.5. The van der Waals surface area contributed by atoms with E-state index >= 15 is 0 Å². The van der Waals surface area contributed by atoms with Gasteiger partial charge in [-0.25, -0.2) is 4.79 Å². The Kier molecular flexibility index (Phi) is 9.87. The second-order valence-electron chi connectivity index (χ2n) is 6.37. The molecule has 2 saturated heterocycles. The molecule has 2 aliphatic heterocycles. The van der Waals surface area contributed by atoms with Gasteiger partial charge in [0.25, 0.3) is 0 Å². The van der Waals surface area contributed by atoms with Crippen molar-refractivity contribution in [1.82, 2.24) is 5.32 Å². The van der Waals surface area contributed by atoms with E-state index in [0.29, 0.717) is 30.9 Å². The van der Waals surface area contributed by atoms with Gasteiger partial charge in [0.2, 0.25) is 5.91 Å². The van der Waals surface area contributed by atoms with Gasteiger partial charge in [-0.1, -0.05) is 0 Å². The van der Waals surface area contributed by atoms with Crippen molar-refractivity contribution in [2.45, 2.75) is 25.3 Å². The Balaban J connectivity index is 0.00000182. The minimum absolute atomic E-state index is 0. The fourth-order valence-corrected chi connectivity index (χ4v) is 3.29. The van der Waals surface area contributed by atoms with Crippen LogP contribution in [0.1, 0.15) is 29.6 Å². The number of ether oxygens (including phenoxy) is 2. The summed E-state index contributed by atoms with van der Waals surface area (Å²) in [5.41, 5.74) is 1.80. The molecule has 1 amide bonds. The van der Waals surface area contributed by atoms with Crippen LogP contribution < -0.4 is 15.5 Å². The van der Waals surface area contributed by atoms with Gasteiger partial charge >= 0.3 is 5.97 Å². The van der Waals surface area contributed by atoms with Crippen molar-refractivity contribution in [3.63, 3.8) is 0 Å². The number of methoxy groups -OCH3 is 1. The molecule has 2 aliphatic rings. The van der Waals surface area contributed by atoms with Gasteiger partial charge in [0, 0.05) is 31.2 Å². The molecule has 1 unspecified atom stereocenters. The zero-order valence-corrected chi connectivity index (χ0v) is 17.0. The van der Waals surface area contributed by atoms with Crippen LogP contribution in [0.25, 0.3) is 0 Å². The number of carbonyl (C=O) groups excluding carboxylic acids is 2. The number of morpholine rings is 1. The van der Waals surface area contributed by atoms with Crippen LogP contribution in [-0.2, 0) is 14.3 Å². The number of benzene rings is 1. The van der Waals surface area contributed by atoms with Gasteiger partial charge in [-0.05, 0) is 37.6 Å². The van der Waals surface area contributed by atoms with Crippen LogP contribution in [0.4, 0.5) is 11.4 Å². The number of nitrogens with zero attached hydrogens (tertiary/aromatic N) is 1. The molecule has 9 heteroatoms. The third-order valence-electron chi connectivity index (χ3n) is 4.65. The smallest absolute Gasteiger partial charge is 0.340 e. The lowest BCUT2D eigenvalue weighted by atomic mass is 10.1. The number of anilines is 2. The number of nitrogens with one attached hydrogen (secondary N) is 2. The fraction of sp³-hybridized carbons (Fsp3) is 0.556. The average molecular weight is 420 g/mol. The Morgan fingerprint density at radius 2 is 2.04 bits per heavy atom. The standard InChI is InChI=1S/C18H25N3O4.2ClH/c1-24-18(23)15-12-14(21-7-9-25-10-8-21)4-5-16(15)20-17(22)11-13-3-2-6-19-13;;/h4-5,12-13,19H,2-3,6-11H2,1H3,(H,20,22);2*1H. The first-order chi connectivity index (χ1) is 12.2. The maximum Gasteiger partial charge on any atom is 0.340 e. The molecule has 0 saturated carbocycles. The first-order valence-corrected chi connectivity index (χ1v) is 8.75. The number of hydrogen-bond donors (Lipinski definition) is 2. The van der Waals surface area contributed by atoms with E-state index in [1.165, 1.54) is 7.11 Å². The van der Waals surface area contributed by atoms with Crippen molar-refractivity contribution in [3.8, 4) is 0 Å². The van der Waals surface area contributed by atoms with Gasteiger partial charge in [0.05, 0.1) is 31.6 Å². The number of amides is 1. The summed E-state index contributed by atoms with van der Waals surface area (Å²) in [4.78, 5) is 26.6. The molecule has 1 aromatic rings. The van der Waals surface area contributed by atoms with Crippen LogP contribution in [0.2, 0.25) is 0 Å². The van der Waals surface area contributed by atoms with Crippen LogP contribution in [-0.4, -0.2) is 57.9 Å². The maximum absolute atomic E-state index is 12.3. The van der Waals surface area contributed by atoms with Crippen molar-refractivity contribution >= 4 is 48.1 Å². The minimum Gasteiger partial charge on any atom is -0.465 e. The highest BCUT2D eigenvalue weighted by Gasteiger charge is 2.21. The molecule has 0 radical (unpaired) electrons. The molecular formula is C18H27Cl2N3O4. The number of esters is 1. The summed E-state index contributed by atoms with van der Waals surface area (Å²) in [5.74, 6) is -0.548. The van der Waals surface area contributed by atoms with Crippen molar-refractivity contribution in [2.24, 2.45) is 0 Å². The van der Waals surface area contributed by atoms with Crippen LogP contribution in [0.15, 0.2) is 18.2 Å². The molecule has 7 nitrogen and oxygen atoms in total.